The Kier molecular flexibility index (Phi) is 6.65. The maximum Gasteiger partial charge on any atom is 0.254 e. The van der Waals surface area contributed by atoms with E-state index in [1.54, 1.807) is 19.1 Å². The maximum atomic E-state index is 13.2. The summed E-state index contributed by atoms with van der Waals surface area (Å²) < 4.78 is 14.6. The van der Waals surface area contributed by atoms with Gasteiger partial charge in [-0.05, 0) is 62.9 Å². The highest BCUT2D eigenvalue weighted by Gasteiger charge is 2.47. The van der Waals surface area contributed by atoms with Crippen LogP contribution in [0.3, 0.4) is 0 Å². The van der Waals surface area contributed by atoms with Gasteiger partial charge < -0.3 is 15.7 Å². The summed E-state index contributed by atoms with van der Waals surface area (Å²) in [5.74, 6) is -0.547. The van der Waals surface area contributed by atoms with Crippen molar-refractivity contribution in [2.24, 2.45) is 11.1 Å². The summed E-state index contributed by atoms with van der Waals surface area (Å²) in [5, 5.41) is 13.0. The molecule has 3 N–H and O–H groups in total. The highest BCUT2D eigenvalue weighted by atomic mass is 19.1. The number of hydrogen-bond donors (Lipinski definition) is 2. The van der Waals surface area contributed by atoms with Crippen LogP contribution in [-0.2, 0) is 11.4 Å². The second-order valence-corrected chi connectivity index (χ2v) is 9.18. The fourth-order valence-corrected chi connectivity index (χ4v) is 5.11. The number of hydrogen-bond acceptors (Lipinski definition) is 5. The van der Waals surface area contributed by atoms with E-state index in [-0.39, 0.29) is 29.3 Å². The predicted octanol–water partition coefficient (Wildman–Crippen LogP) is 3.45. The molecule has 0 unspecified atom stereocenters. The first-order chi connectivity index (χ1) is 16.3. The molecule has 0 atom stereocenters. The lowest BCUT2D eigenvalue weighted by molar-refractivity contribution is -0.127. The molecule has 1 aliphatic carbocycles. The number of primary amides is 1. The van der Waals surface area contributed by atoms with Gasteiger partial charge in [0.25, 0.3) is 5.91 Å². The Hall–Kier alpha value is -3.33. The van der Waals surface area contributed by atoms with Gasteiger partial charge in [-0.1, -0.05) is 19.3 Å². The number of rotatable bonds is 3. The number of aliphatic hydroxyl groups is 1. The van der Waals surface area contributed by atoms with Gasteiger partial charge >= 0.3 is 0 Å². The van der Waals surface area contributed by atoms with Crippen molar-refractivity contribution in [3.63, 3.8) is 0 Å². The van der Waals surface area contributed by atoms with Crippen molar-refractivity contribution >= 4 is 23.1 Å². The third-order valence-corrected chi connectivity index (χ3v) is 6.87. The predicted molar refractivity (Wildman–Crippen MR) is 126 cm³/mol. The molecule has 1 spiro atoms. The molecule has 0 radical (unpaired) electrons. The molecule has 2 aromatic heterocycles. The Balaban J connectivity index is 0.000000166. The van der Waals surface area contributed by atoms with E-state index in [0.717, 1.165) is 37.1 Å². The zero-order valence-electron chi connectivity index (χ0n) is 19.6. The number of carbonyl (C=O) groups is 2. The van der Waals surface area contributed by atoms with Crippen LogP contribution in [0.25, 0.3) is 5.65 Å². The molecule has 8 nitrogen and oxygen atoms in total. The summed E-state index contributed by atoms with van der Waals surface area (Å²) in [6, 6.07) is 6.39. The summed E-state index contributed by atoms with van der Waals surface area (Å²) >= 11 is 0. The van der Waals surface area contributed by atoms with Gasteiger partial charge in [0.05, 0.1) is 23.9 Å². The van der Waals surface area contributed by atoms with E-state index in [1.165, 1.54) is 42.1 Å². The van der Waals surface area contributed by atoms with Crippen LogP contribution in [0.4, 0.5) is 10.1 Å². The van der Waals surface area contributed by atoms with Crippen molar-refractivity contribution < 1.29 is 19.1 Å². The summed E-state index contributed by atoms with van der Waals surface area (Å²) in [7, 11) is 0. The molecule has 2 amide bonds. The quantitative estimate of drug-likeness (QED) is 0.612. The van der Waals surface area contributed by atoms with Crippen molar-refractivity contribution in [2.45, 2.75) is 59.0 Å². The van der Waals surface area contributed by atoms with Gasteiger partial charge in [-0.15, -0.1) is 0 Å². The van der Waals surface area contributed by atoms with Crippen LogP contribution in [0.5, 0.6) is 0 Å². The van der Waals surface area contributed by atoms with Crippen molar-refractivity contribution in [1.29, 1.82) is 0 Å². The fraction of sp³-hybridized carbons (Fsp3) is 0.440. The average Bonchev–Trinajstić information content (AvgIpc) is 3.36. The smallest absolute Gasteiger partial charge is 0.254 e. The van der Waals surface area contributed by atoms with Gasteiger partial charge in [0.15, 0.2) is 5.65 Å². The molecule has 0 bridgehead atoms. The molecule has 9 heteroatoms. The van der Waals surface area contributed by atoms with E-state index in [4.69, 9.17) is 10.8 Å². The number of carbonyl (C=O) groups excluding carboxylic acids is 2. The second kappa shape index (κ2) is 9.50. The minimum atomic E-state index is -0.577. The summed E-state index contributed by atoms with van der Waals surface area (Å²) in [4.78, 5) is 29.8. The number of nitrogens with two attached hydrogens (primary N) is 1. The minimum absolute atomic E-state index is 0.112. The third kappa shape index (κ3) is 4.40. The number of aryl methyl sites for hydroxylation is 2. The molecule has 180 valence electrons. The highest BCUT2D eigenvalue weighted by Crippen LogP contribution is 2.46. The standard InChI is InChI=1S/C16H20FNO.C9H10N4O2/c1-12-11-13(17)5-6-14(12)18-10-9-16(15(18)19)7-3-2-4-8-16;1-5-2-6(4-14)13-9(12-5)7(3-11-13)8(10)15/h5-6,11H,2-4,7-10H2,1H3;2-3,14H,4H2,1H3,(H2,10,15). The van der Waals surface area contributed by atoms with E-state index >= 15 is 0 Å². The molecule has 1 saturated carbocycles. The van der Waals surface area contributed by atoms with E-state index in [2.05, 4.69) is 10.1 Å². The first kappa shape index (κ1) is 23.8. The molecule has 2 aliphatic rings. The van der Waals surface area contributed by atoms with Crippen LogP contribution < -0.4 is 10.6 Å². The van der Waals surface area contributed by atoms with E-state index < -0.39 is 5.91 Å². The lowest BCUT2D eigenvalue weighted by Crippen LogP contribution is -2.36. The van der Waals surface area contributed by atoms with Crippen molar-refractivity contribution in [3.8, 4) is 0 Å². The first-order valence-corrected chi connectivity index (χ1v) is 11.6. The maximum absolute atomic E-state index is 13.2. The van der Waals surface area contributed by atoms with Crippen molar-refractivity contribution in [2.75, 3.05) is 11.4 Å². The van der Waals surface area contributed by atoms with Crippen LogP contribution in [0.15, 0.2) is 30.5 Å². The lowest BCUT2D eigenvalue weighted by atomic mass is 9.73. The topological polar surface area (TPSA) is 114 Å². The molecule has 5 rings (SSSR count). The Bertz CT molecular complexity index is 1230. The number of fused-ring (bicyclic) bond motifs is 1. The van der Waals surface area contributed by atoms with E-state index in [0.29, 0.717) is 17.0 Å². The molecular weight excluding hydrogens is 437 g/mol. The summed E-state index contributed by atoms with van der Waals surface area (Å²) in [6.07, 6.45) is 7.96. The SMILES string of the molecule is Cc1cc(CO)n2ncc(C(N)=O)c2n1.Cc1cc(F)ccc1N1CCC2(CCCCC2)C1=O. The van der Waals surface area contributed by atoms with Gasteiger partial charge in [0, 0.05) is 17.9 Å². The molecule has 1 aromatic carbocycles. The van der Waals surface area contributed by atoms with Gasteiger partial charge in [0.2, 0.25) is 5.91 Å². The number of aromatic nitrogens is 3. The van der Waals surface area contributed by atoms with E-state index in [9.17, 15) is 14.0 Å². The van der Waals surface area contributed by atoms with Gasteiger partial charge in [-0.25, -0.2) is 13.9 Å². The number of anilines is 1. The Morgan fingerprint density at radius 3 is 2.56 bits per heavy atom. The van der Waals surface area contributed by atoms with Crippen LogP contribution in [0, 0.1) is 25.1 Å². The number of benzene rings is 1. The number of amides is 2. The van der Waals surface area contributed by atoms with Gasteiger partial charge in [-0.3, -0.25) is 9.59 Å². The summed E-state index contributed by atoms with van der Waals surface area (Å²) in [5.41, 5.74) is 8.71. The molecular formula is C25H30FN5O3. The van der Waals surface area contributed by atoms with Crippen LogP contribution >= 0.6 is 0 Å². The van der Waals surface area contributed by atoms with Crippen molar-refractivity contribution in [3.05, 3.63) is 58.8 Å². The van der Waals surface area contributed by atoms with Crippen LogP contribution in [0.2, 0.25) is 0 Å². The van der Waals surface area contributed by atoms with Gasteiger partial charge in [0.1, 0.15) is 11.4 Å². The zero-order chi connectivity index (χ0) is 24.5. The van der Waals surface area contributed by atoms with Crippen LogP contribution in [-0.4, -0.2) is 38.1 Å². The largest absolute Gasteiger partial charge is 0.390 e. The molecule has 1 aliphatic heterocycles. The highest BCUT2D eigenvalue weighted by molar-refractivity contribution is 6.00. The third-order valence-electron chi connectivity index (χ3n) is 6.87. The molecule has 1 saturated heterocycles. The normalized spacial score (nSPS) is 17.2. The number of halogens is 1. The average molecular weight is 468 g/mol. The molecule has 3 heterocycles. The minimum Gasteiger partial charge on any atom is -0.390 e. The Morgan fingerprint density at radius 2 is 1.91 bits per heavy atom. The van der Waals surface area contributed by atoms with Crippen molar-refractivity contribution in [1.82, 2.24) is 14.6 Å². The summed E-state index contributed by atoms with van der Waals surface area (Å²) in [6.45, 7) is 4.26. The molecule has 34 heavy (non-hydrogen) atoms. The van der Waals surface area contributed by atoms with E-state index in [1.807, 2.05) is 11.8 Å². The Labute approximate surface area is 197 Å². The number of aliphatic hydroxyl groups excluding tert-OH is 1. The first-order valence-electron chi connectivity index (χ1n) is 11.6. The lowest BCUT2D eigenvalue weighted by Gasteiger charge is -2.31. The zero-order valence-corrected chi connectivity index (χ0v) is 19.6. The molecule has 2 fully saturated rings. The number of nitrogens with zero attached hydrogens (tertiary/aromatic N) is 4. The fourth-order valence-electron chi connectivity index (χ4n) is 5.11. The van der Waals surface area contributed by atoms with Gasteiger partial charge in [-0.2, -0.15) is 5.10 Å². The molecule has 3 aromatic rings. The monoisotopic (exact) mass is 467 g/mol. The second-order valence-electron chi connectivity index (χ2n) is 9.18. The van der Waals surface area contributed by atoms with Crippen LogP contribution in [0.1, 0.15) is 65.8 Å². The Morgan fingerprint density at radius 1 is 1.18 bits per heavy atom.